The lowest BCUT2D eigenvalue weighted by atomic mass is 10.1. The van der Waals surface area contributed by atoms with Crippen LogP contribution in [-0.2, 0) is 6.54 Å². The number of hydrogen-bond donors (Lipinski definition) is 0. The smallest absolute Gasteiger partial charge is 0.151 e. The van der Waals surface area contributed by atoms with E-state index in [0.717, 1.165) is 42.5 Å². The summed E-state index contributed by atoms with van der Waals surface area (Å²) in [4.78, 5) is 4.65. The number of likely N-dealkylation sites (N-methyl/N-ethyl adjacent to an activating group) is 1. The molecule has 1 fully saturated rings. The van der Waals surface area contributed by atoms with Crippen molar-refractivity contribution in [3.05, 3.63) is 60.5 Å². The summed E-state index contributed by atoms with van der Waals surface area (Å²) in [5.41, 5.74) is 1.96. The average Bonchev–Trinajstić information content (AvgIpc) is 3.33. The van der Waals surface area contributed by atoms with E-state index in [4.69, 9.17) is 4.52 Å². The summed E-state index contributed by atoms with van der Waals surface area (Å²) < 4.78 is 5.54. The van der Waals surface area contributed by atoms with E-state index < -0.39 is 0 Å². The van der Waals surface area contributed by atoms with E-state index in [9.17, 15) is 0 Å². The minimum atomic E-state index is 0.452. The standard InChI is InChI=1S/C20H23N5O/c1-24(14-17-9-6-12-25(17)20-10-5-11-21-22-20)15-18-13-19(23-26-18)16-7-3-2-4-8-16/h2-5,7-8,10-11,13,17H,6,9,12,14-15H2,1H3/t17-/m0/s1. The van der Waals surface area contributed by atoms with Crippen molar-refractivity contribution in [1.29, 1.82) is 0 Å². The monoisotopic (exact) mass is 349 g/mol. The first-order valence-electron chi connectivity index (χ1n) is 9.03. The quantitative estimate of drug-likeness (QED) is 0.681. The zero-order valence-electron chi connectivity index (χ0n) is 15.0. The SMILES string of the molecule is CN(Cc1cc(-c2ccccc2)no1)C[C@@H]1CCCN1c1cccnn1. The van der Waals surface area contributed by atoms with Crippen LogP contribution in [0.5, 0.6) is 0 Å². The van der Waals surface area contributed by atoms with Gasteiger partial charge in [0, 0.05) is 37.0 Å². The molecule has 1 atom stereocenters. The lowest BCUT2D eigenvalue weighted by Crippen LogP contribution is -2.39. The Morgan fingerprint density at radius 2 is 2.08 bits per heavy atom. The van der Waals surface area contributed by atoms with E-state index in [0.29, 0.717) is 6.04 Å². The average molecular weight is 349 g/mol. The molecule has 1 aliphatic rings. The molecule has 6 nitrogen and oxygen atoms in total. The molecule has 0 spiro atoms. The van der Waals surface area contributed by atoms with Crippen molar-refractivity contribution >= 4 is 5.82 Å². The Morgan fingerprint density at radius 1 is 1.19 bits per heavy atom. The van der Waals surface area contributed by atoms with Crippen LogP contribution >= 0.6 is 0 Å². The van der Waals surface area contributed by atoms with Gasteiger partial charge >= 0.3 is 0 Å². The van der Waals surface area contributed by atoms with Crippen molar-refractivity contribution in [2.45, 2.75) is 25.4 Å². The summed E-state index contributed by atoms with van der Waals surface area (Å²) >= 11 is 0. The second-order valence-electron chi connectivity index (χ2n) is 6.81. The van der Waals surface area contributed by atoms with Crippen LogP contribution in [0.25, 0.3) is 11.3 Å². The summed E-state index contributed by atoms with van der Waals surface area (Å²) in [6, 6.07) is 16.6. The van der Waals surface area contributed by atoms with E-state index >= 15 is 0 Å². The van der Waals surface area contributed by atoms with Gasteiger partial charge in [-0.25, -0.2) is 0 Å². The van der Waals surface area contributed by atoms with Crippen LogP contribution in [-0.4, -0.2) is 46.4 Å². The molecule has 26 heavy (non-hydrogen) atoms. The molecule has 0 radical (unpaired) electrons. The number of nitrogens with zero attached hydrogens (tertiary/aromatic N) is 5. The molecule has 3 heterocycles. The van der Waals surface area contributed by atoms with Gasteiger partial charge in [-0.1, -0.05) is 35.5 Å². The van der Waals surface area contributed by atoms with Crippen molar-refractivity contribution < 1.29 is 4.52 Å². The Bertz CT molecular complexity index is 820. The van der Waals surface area contributed by atoms with Crippen molar-refractivity contribution in [1.82, 2.24) is 20.3 Å². The summed E-state index contributed by atoms with van der Waals surface area (Å²) in [6.45, 7) is 2.74. The van der Waals surface area contributed by atoms with Crippen LogP contribution in [0.4, 0.5) is 5.82 Å². The lowest BCUT2D eigenvalue weighted by molar-refractivity contribution is 0.259. The predicted molar refractivity (Wildman–Crippen MR) is 101 cm³/mol. The van der Waals surface area contributed by atoms with Crippen LogP contribution in [0, 0.1) is 0 Å². The third kappa shape index (κ3) is 3.75. The van der Waals surface area contributed by atoms with Gasteiger partial charge in [0.15, 0.2) is 11.6 Å². The van der Waals surface area contributed by atoms with Gasteiger partial charge in [0.25, 0.3) is 0 Å². The highest BCUT2D eigenvalue weighted by Crippen LogP contribution is 2.24. The minimum Gasteiger partial charge on any atom is -0.359 e. The predicted octanol–water partition coefficient (Wildman–Crippen LogP) is 3.23. The summed E-state index contributed by atoms with van der Waals surface area (Å²) in [7, 11) is 2.12. The number of benzene rings is 1. The molecule has 0 unspecified atom stereocenters. The molecule has 134 valence electrons. The zero-order valence-corrected chi connectivity index (χ0v) is 15.0. The molecular weight excluding hydrogens is 326 g/mol. The molecule has 3 aromatic rings. The first-order valence-corrected chi connectivity index (χ1v) is 9.03. The van der Waals surface area contributed by atoms with Gasteiger partial charge in [0.05, 0.1) is 6.54 Å². The van der Waals surface area contributed by atoms with E-state index in [-0.39, 0.29) is 0 Å². The highest BCUT2D eigenvalue weighted by atomic mass is 16.5. The number of rotatable bonds is 6. The summed E-state index contributed by atoms with van der Waals surface area (Å²) in [5.74, 6) is 1.85. The van der Waals surface area contributed by atoms with Gasteiger partial charge in [-0.05, 0) is 32.0 Å². The Kier molecular flexibility index (Phi) is 4.93. The summed E-state index contributed by atoms with van der Waals surface area (Å²) in [6.07, 6.45) is 4.08. The molecule has 2 aromatic heterocycles. The maximum absolute atomic E-state index is 5.54. The molecule has 0 aliphatic carbocycles. The first-order chi connectivity index (χ1) is 12.8. The topological polar surface area (TPSA) is 58.3 Å². The fourth-order valence-corrected chi connectivity index (χ4v) is 3.60. The van der Waals surface area contributed by atoms with E-state index in [2.05, 4.69) is 32.2 Å². The van der Waals surface area contributed by atoms with Crippen LogP contribution in [0.3, 0.4) is 0 Å². The Labute approximate surface area is 153 Å². The molecule has 1 saturated heterocycles. The van der Waals surface area contributed by atoms with Crippen molar-refractivity contribution in [2.24, 2.45) is 0 Å². The van der Waals surface area contributed by atoms with Crippen LogP contribution in [0.2, 0.25) is 0 Å². The Balaban J connectivity index is 1.38. The molecule has 1 aliphatic heterocycles. The fraction of sp³-hybridized carbons (Fsp3) is 0.350. The van der Waals surface area contributed by atoms with Gasteiger partial charge in [-0.15, -0.1) is 5.10 Å². The van der Waals surface area contributed by atoms with Crippen LogP contribution < -0.4 is 4.90 Å². The zero-order chi connectivity index (χ0) is 17.8. The van der Waals surface area contributed by atoms with Crippen molar-refractivity contribution in [3.63, 3.8) is 0 Å². The second kappa shape index (κ2) is 7.66. The van der Waals surface area contributed by atoms with Gasteiger partial charge in [-0.2, -0.15) is 5.10 Å². The van der Waals surface area contributed by atoms with Gasteiger partial charge < -0.3 is 9.42 Å². The number of hydrogen-bond acceptors (Lipinski definition) is 6. The Hall–Kier alpha value is -2.73. The number of anilines is 1. The lowest BCUT2D eigenvalue weighted by Gasteiger charge is -2.28. The normalized spacial score (nSPS) is 17.2. The molecule has 4 rings (SSSR count). The largest absolute Gasteiger partial charge is 0.359 e. The molecule has 0 N–H and O–H groups in total. The van der Waals surface area contributed by atoms with Gasteiger partial charge in [-0.3, -0.25) is 4.90 Å². The highest BCUT2D eigenvalue weighted by Gasteiger charge is 2.27. The van der Waals surface area contributed by atoms with E-state index in [1.54, 1.807) is 6.20 Å². The summed E-state index contributed by atoms with van der Waals surface area (Å²) in [5, 5.41) is 12.5. The molecule has 0 bridgehead atoms. The minimum absolute atomic E-state index is 0.452. The van der Waals surface area contributed by atoms with Gasteiger partial charge in [0.2, 0.25) is 0 Å². The molecular formula is C20H23N5O. The van der Waals surface area contributed by atoms with Crippen molar-refractivity contribution in [2.75, 3.05) is 25.0 Å². The highest BCUT2D eigenvalue weighted by molar-refractivity contribution is 5.58. The maximum Gasteiger partial charge on any atom is 0.151 e. The Morgan fingerprint density at radius 3 is 2.88 bits per heavy atom. The molecule has 1 aromatic carbocycles. The van der Waals surface area contributed by atoms with Gasteiger partial charge in [0.1, 0.15) is 5.69 Å². The molecule has 0 amide bonds. The van der Waals surface area contributed by atoms with E-state index in [1.165, 1.54) is 12.8 Å². The van der Waals surface area contributed by atoms with Crippen LogP contribution in [0.15, 0.2) is 59.3 Å². The van der Waals surface area contributed by atoms with E-state index in [1.807, 2.05) is 48.5 Å². The molecule has 6 heteroatoms. The van der Waals surface area contributed by atoms with Crippen LogP contribution in [0.1, 0.15) is 18.6 Å². The third-order valence-corrected chi connectivity index (χ3v) is 4.81. The molecule has 0 saturated carbocycles. The second-order valence-corrected chi connectivity index (χ2v) is 6.81. The maximum atomic E-state index is 5.54. The van der Waals surface area contributed by atoms with Crippen molar-refractivity contribution in [3.8, 4) is 11.3 Å². The third-order valence-electron chi connectivity index (χ3n) is 4.81. The number of aromatic nitrogens is 3. The fourth-order valence-electron chi connectivity index (χ4n) is 3.60. The first kappa shape index (κ1) is 16.7.